The van der Waals surface area contributed by atoms with E-state index < -0.39 is 0 Å². The van der Waals surface area contributed by atoms with Crippen molar-refractivity contribution in [3.8, 4) is 0 Å². The van der Waals surface area contributed by atoms with Gasteiger partial charge in [-0.1, -0.05) is 24.8 Å². The number of benzene rings is 1. The van der Waals surface area contributed by atoms with E-state index in [9.17, 15) is 4.79 Å². The van der Waals surface area contributed by atoms with Gasteiger partial charge >= 0.3 is 0 Å². The van der Waals surface area contributed by atoms with Crippen molar-refractivity contribution in [1.29, 1.82) is 0 Å². The molecule has 0 saturated carbocycles. The lowest BCUT2D eigenvalue weighted by atomic mass is 10.3. The molecule has 3 heteroatoms. The SMILES string of the molecule is C=CCSc1ccccc1NC(=O)C=C. The molecule has 1 amide bonds. The highest BCUT2D eigenvalue weighted by Gasteiger charge is 2.03. The Morgan fingerprint density at radius 1 is 1.40 bits per heavy atom. The molecular formula is C12H13NOS. The summed E-state index contributed by atoms with van der Waals surface area (Å²) in [5.74, 6) is 0.627. The number of carbonyl (C=O) groups excluding carboxylic acids is 1. The molecule has 0 aliphatic heterocycles. The predicted octanol–water partition coefficient (Wildman–Crippen LogP) is 3.09. The number of rotatable bonds is 5. The summed E-state index contributed by atoms with van der Waals surface area (Å²) < 4.78 is 0. The van der Waals surface area contributed by atoms with Crippen LogP contribution in [0, 0.1) is 0 Å². The first-order valence-corrected chi connectivity index (χ1v) is 5.52. The zero-order valence-corrected chi connectivity index (χ0v) is 9.22. The first-order valence-electron chi connectivity index (χ1n) is 4.54. The van der Waals surface area contributed by atoms with Crippen LogP contribution in [0.2, 0.25) is 0 Å². The van der Waals surface area contributed by atoms with Crippen molar-refractivity contribution in [2.24, 2.45) is 0 Å². The Balaban J connectivity index is 2.80. The van der Waals surface area contributed by atoms with E-state index in [-0.39, 0.29) is 5.91 Å². The number of nitrogens with one attached hydrogen (secondary N) is 1. The molecule has 0 aromatic heterocycles. The van der Waals surface area contributed by atoms with Crippen molar-refractivity contribution in [2.75, 3.05) is 11.1 Å². The number of hydrogen-bond acceptors (Lipinski definition) is 2. The highest BCUT2D eigenvalue weighted by molar-refractivity contribution is 7.99. The van der Waals surface area contributed by atoms with Crippen LogP contribution in [0.4, 0.5) is 5.69 Å². The molecule has 0 radical (unpaired) electrons. The highest BCUT2D eigenvalue weighted by Crippen LogP contribution is 2.26. The summed E-state index contributed by atoms with van der Waals surface area (Å²) in [5, 5.41) is 2.76. The van der Waals surface area contributed by atoms with E-state index in [0.717, 1.165) is 16.3 Å². The van der Waals surface area contributed by atoms with Gasteiger partial charge in [0.05, 0.1) is 5.69 Å². The second kappa shape index (κ2) is 6.09. The lowest BCUT2D eigenvalue weighted by Crippen LogP contribution is -2.07. The summed E-state index contributed by atoms with van der Waals surface area (Å²) in [6.45, 7) is 7.07. The van der Waals surface area contributed by atoms with Gasteiger partial charge in [0.1, 0.15) is 0 Å². The van der Waals surface area contributed by atoms with Crippen LogP contribution in [0.3, 0.4) is 0 Å². The molecular weight excluding hydrogens is 206 g/mol. The van der Waals surface area contributed by atoms with Crippen LogP contribution in [-0.4, -0.2) is 11.7 Å². The highest BCUT2D eigenvalue weighted by atomic mass is 32.2. The molecule has 0 spiro atoms. The Kier molecular flexibility index (Phi) is 4.71. The topological polar surface area (TPSA) is 29.1 Å². The molecule has 78 valence electrons. The normalized spacial score (nSPS) is 9.33. The van der Waals surface area contributed by atoms with Crippen LogP contribution in [0.25, 0.3) is 0 Å². The number of carbonyl (C=O) groups is 1. The zero-order chi connectivity index (χ0) is 11.1. The maximum Gasteiger partial charge on any atom is 0.247 e. The number of thioether (sulfide) groups is 1. The average molecular weight is 219 g/mol. The van der Waals surface area contributed by atoms with Crippen LogP contribution in [0.1, 0.15) is 0 Å². The minimum Gasteiger partial charge on any atom is -0.321 e. The number of amides is 1. The molecule has 0 unspecified atom stereocenters. The molecule has 2 nitrogen and oxygen atoms in total. The first-order chi connectivity index (χ1) is 7.27. The van der Waals surface area contributed by atoms with Crippen molar-refractivity contribution in [1.82, 2.24) is 0 Å². The summed E-state index contributed by atoms with van der Waals surface area (Å²) in [6.07, 6.45) is 3.09. The lowest BCUT2D eigenvalue weighted by molar-refractivity contribution is -0.111. The number of anilines is 1. The third-order valence-corrected chi connectivity index (χ3v) is 2.76. The van der Waals surface area contributed by atoms with Crippen molar-refractivity contribution in [2.45, 2.75) is 4.90 Å². The van der Waals surface area contributed by atoms with E-state index in [2.05, 4.69) is 18.5 Å². The standard InChI is InChI=1S/C12H13NOS/c1-3-9-15-11-8-6-5-7-10(11)13-12(14)4-2/h3-8H,1-2,9H2,(H,13,14). The van der Waals surface area contributed by atoms with Crippen LogP contribution in [-0.2, 0) is 4.79 Å². The van der Waals surface area contributed by atoms with E-state index >= 15 is 0 Å². The van der Waals surface area contributed by atoms with Crippen LogP contribution in [0.15, 0.2) is 54.5 Å². The summed E-state index contributed by atoms with van der Waals surface area (Å²) in [7, 11) is 0. The van der Waals surface area contributed by atoms with Gasteiger partial charge in [-0.15, -0.1) is 18.3 Å². The van der Waals surface area contributed by atoms with Crippen LogP contribution < -0.4 is 5.32 Å². The lowest BCUT2D eigenvalue weighted by Gasteiger charge is -2.07. The van der Waals surface area contributed by atoms with Crippen molar-refractivity contribution in [3.05, 3.63) is 49.6 Å². The third kappa shape index (κ3) is 3.64. The van der Waals surface area contributed by atoms with Crippen molar-refractivity contribution >= 4 is 23.4 Å². The number of hydrogen-bond donors (Lipinski definition) is 1. The van der Waals surface area contributed by atoms with Gasteiger partial charge in [-0.3, -0.25) is 4.79 Å². The van der Waals surface area contributed by atoms with Gasteiger partial charge in [0.15, 0.2) is 0 Å². The molecule has 0 saturated heterocycles. The Bertz CT molecular complexity index is 374. The van der Waals surface area contributed by atoms with E-state index in [0.29, 0.717) is 0 Å². The summed E-state index contributed by atoms with van der Waals surface area (Å²) in [5.41, 5.74) is 0.814. The first kappa shape index (κ1) is 11.6. The van der Waals surface area contributed by atoms with Gasteiger partial charge in [-0.05, 0) is 18.2 Å². The summed E-state index contributed by atoms with van der Waals surface area (Å²) >= 11 is 1.63. The van der Waals surface area contributed by atoms with Crippen molar-refractivity contribution in [3.63, 3.8) is 0 Å². The molecule has 1 rings (SSSR count). The molecule has 0 aliphatic carbocycles. The monoisotopic (exact) mass is 219 g/mol. The molecule has 15 heavy (non-hydrogen) atoms. The van der Waals surface area contributed by atoms with Gasteiger partial charge in [0.25, 0.3) is 0 Å². The molecule has 1 aromatic rings. The van der Waals surface area contributed by atoms with Gasteiger partial charge in [0.2, 0.25) is 5.91 Å². The second-order valence-electron chi connectivity index (χ2n) is 2.79. The Morgan fingerprint density at radius 2 is 2.13 bits per heavy atom. The van der Waals surface area contributed by atoms with Crippen LogP contribution in [0.5, 0.6) is 0 Å². The second-order valence-corrected chi connectivity index (χ2v) is 3.85. The molecule has 0 atom stereocenters. The van der Waals surface area contributed by atoms with E-state index in [4.69, 9.17) is 0 Å². The van der Waals surface area contributed by atoms with Gasteiger partial charge in [-0.25, -0.2) is 0 Å². The van der Waals surface area contributed by atoms with E-state index in [1.54, 1.807) is 11.8 Å². The Hall–Kier alpha value is -1.48. The fraction of sp³-hybridized carbons (Fsp3) is 0.0833. The molecule has 0 bridgehead atoms. The number of para-hydroxylation sites is 1. The third-order valence-electron chi connectivity index (χ3n) is 1.69. The van der Waals surface area contributed by atoms with Crippen molar-refractivity contribution < 1.29 is 4.79 Å². The van der Waals surface area contributed by atoms with Gasteiger partial charge in [-0.2, -0.15) is 0 Å². The fourth-order valence-corrected chi connectivity index (χ4v) is 1.78. The smallest absolute Gasteiger partial charge is 0.247 e. The van der Waals surface area contributed by atoms with Gasteiger partial charge in [0, 0.05) is 10.6 Å². The van der Waals surface area contributed by atoms with E-state index in [1.807, 2.05) is 30.3 Å². The maximum absolute atomic E-state index is 11.1. The predicted molar refractivity (Wildman–Crippen MR) is 66.2 cm³/mol. The summed E-state index contributed by atoms with van der Waals surface area (Å²) in [4.78, 5) is 12.2. The molecule has 0 heterocycles. The Labute approximate surface area is 94.1 Å². The minimum absolute atomic E-state index is 0.193. The van der Waals surface area contributed by atoms with Crippen LogP contribution >= 0.6 is 11.8 Å². The molecule has 0 fully saturated rings. The molecule has 1 aromatic carbocycles. The maximum atomic E-state index is 11.1. The quantitative estimate of drug-likeness (QED) is 0.468. The Morgan fingerprint density at radius 3 is 2.80 bits per heavy atom. The van der Waals surface area contributed by atoms with Gasteiger partial charge < -0.3 is 5.32 Å². The summed E-state index contributed by atoms with van der Waals surface area (Å²) in [6, 6.07) is 7.66. The van der Waals surface area contributed by atoms with E-state index in [1.165, 1.54) is 6.08 Å². The molecule has 1 N–H and O–H groups in total. The molecule has 0 aliphatic rings. The minimum atomic E-state index is -0.193. The zero-order valence-electron chi connectivity index (χ0n) is 8.40. The fourth-order valence-electron chi connectivity index (χ4n) is 1.03. The largest absolute Gasteiger partial charge is 0.321 e. The average Bonchev–Trinajstić information content (AvgIpc) is 2.28.